The van der Waals surface area contributed by atoms with Gasteiger partial charge in [0.15, 0.2) is 0 Å². The second-order valence-electron chi connectivity index (χ2n) is 7.20. The van der Waals surface area contributed by atoms with E-state index in [1.165, 1.54) is 0 Å². The van der Waals surface area contributed by atoms with Crippen molar-refractivity contribution < 1.29 is 41.8 Å². The Morgan fingerprint density at radius 1 is 0.767 bits per heavy atom. The van der Waals surface area contributed by atoms with Crippen molar-refractivity contribution in [1.82, 2.24) is 10.6 Å². The molecular formula is C18H38N2O9Si. The zero-order valence-electron chi connectivity index (χ0n) is 19.0. The normalized spacial score (nSPS) is 11.8. The van der Waals surface area contributed by atoms with Crippen LogP contribution < -0.4 is 10.6 Å². The minimum absolute atomic E-state index is 0.134. The van der Waals surface area contributed by atoms with Crippen molar-refractivity contribution in [2.45, 2.75) is 38.8 Å². The van der Waals surface area contributed by atoms with Crippen LogP contribution in [0.5, 0.6) is 0 Å². The Morgan fingerprint density at radius 2 is 1.23 bits per heavy atom. The summed E-state index contributed by atoms with van der Waals surface area (Å²) in [6.45, 7) is 7.55. The van der Waals surface area contributed by atoms with E-state index in [1.54, 1.807) is 21.3 Å². The van der Waals surface area contributed by atoms with Gasteiger partial charge in [0.25, 0.3) is 0 Å². The fourth-order valence-electron chi connectivity index (χ4n) is 2.15. The van der Waals surface area contributed by atoms with E-state index in [0.29, 0.717) is 32.2 Å². The van der Waals surface area contributed by atoms with Gasteiger partial charge in [-0.15, -0.1) is 0 Å². The lowest BCUT2D eigenvalue weighted by Gasteiger charge is -2.24. The maximum absolute atomic E-state index is 11.6. The first-order chi connectivity index (χ1) is 14.2. The second kappa shape index (κ2) is 16.3. The lowest BCUT2D eigenvalue weighted by molar-refractivity contribution is 0.0151. The standard InChI is InChI=1S/C18H38N2O9Si/c1-18(2,3)20-17(22)29-14-12-27-10-9-26-11-13-28-16(21)19-8-7-15-30(23-4,24-5)25-6/h7-15H2,1-6H3,(H,19,21)(H,20,22). The molecule has 0 saturated heterocycles. The molecule has 2 N–H and O–H groups in total. The number of carbonyl (C=O) groups excluding carboxylic acids is 2. The van der Waals surface area contributed by atoms with Gasteiger partial charge in [0.2, 0.25) is 0 Å². The molecular weight excluding hydrogens is 416 g/mol. The summed E-state index contributed by atoms with van der Waals surface area (Å²) in [6, 6.07) is 0.589. The molecule has 0 fully saturated rings. The molecule has 178 valence electrons. The molecule has 0 saturated carbocycles. The van der Waals surface area contributed by atoms with Crippen LogP contribution in [0.4, 0.5) is 9.59 Å². The second-order valence-corrected chi connectivity index (χ2v) is 10.3. The largest absolute Gasteiger partial charge is 0.500 e. The Morgan fingerprint density at radius 3 is 1.70 bits per heavy atom. The highest BCUT2D eigenvalue weighted by atomic mass is 28.4. The van der Waals surface area contributed by atoms with Gasteiger partial charge in [-0.1, -0.05) is 0 Å². The summed E-state index contributed by atoms with van der Waals surface area (Å²) in [5.41, 5.74) is -0.337. The van der Waals surface area contributed by atoms with Crippen molar-refractivity contribution in [2.75, 3.05) is 67.5 Å². The molecule has 0 aromatic rings. The van der Waals surface area contributed by atoms with E-state index in [0.717, 1.165) is 0 Å². The van der Waals surface area contributed by atoms with Gasteiger partial charge >= 0.3 is 21.0 Å². The molecule has 0 unspecified atom stereocenters. The topological polar surface area (TPSA) is 123 Å². The van der Waals surface area contributed by atoms with Crippen LogP contribution >= 0.6 is 0 Å². The van der Waals surface area contributed by atoms with E-state index in [9.17, 15) is 9.59 Å². The van der Waals surface area contributed by atoms with Gasteiger partial charge in [-0.3, -0.25) is 0 Å². The van der Waals surface area contributed by atoms with Crippen LogP contribution in [0.25, 0.3) is 0 Å². The molecule has 0 bridgehead atoms. The Labute approximate surface area is 180 Å². The third-order valence-corrected chi connectivity index (χ3v) is 6.46. The Bertz CT molecular complexity index is 463. The van der Waals surface area contributed by atoms with E-state index >= 15 is 0 Å². The Hall–Kier alpha value is -1.44. The first kappa shape index (κ1) is 28.6. The lowest BCUT2D eigenvalue weighted by Crippen LogP contribution is -2.43. The summed E-state index contributed by atoms with van der Waals surface area (Å²) < 4.78 is 36.5. The highest BCUT2D eigenvalue weighted by molar-refractivity contribution is 6.60. The molecule has 0 atom stereocenters. The molecule has 0 aromatic carbocycles. The summed E-state index contributed by atoms with van der Waals surface area (Å²) in [5.74, 6) is 0. The Balaban J connectivity index is 3.50. The molecule has 12 heteroatoms. The monoisotopic (exact) mass is 454 g/mol. The number of rotatable bonds is 16. The quantitative estimate of drug-likeness (QED) is 0.264. The van der Waals surface area contributed by atoms with Crippen LogP contribution in [0.3, 0.4) is 0 Å². The minimum atomic E-state index is -2.61. The van der Waals surface area contributed by atoms with Gasteiger partial charge in [0.1, 0.15) is 13.2 Å². The fraction of sp³-hybridized carbons (Fsp3) is 0.889. The SMILES string of the molecule is CO[Si](CCCNC(=O)OCCOCCOCCOC(=O)NC(C)(C)C)(OC)OC. The summed E-state index contributed by atoms with van der Waals surface area (Å²) >= 11 is 0. The molecule has 0 aliphatic carbocycles. The molecule has 0 aromatic heterocycles. The predicted molar refractivity (Wildman–Crippen MR) is 111 cm³/mol. The van der Waals surface area contributed by atoms with E-state index in [1.807, 2.05) is 20.8 Å². The van der Waals surface area contributed by atoms with Gasteiger partial charge < -0.3 is 42.9 Å². The molecule has 0 aliphatic heterocycles. The zero-order valence-corrected chi connectivity index (χ0v) is 20.0. The van der Waals surface area contributed by atoms with Crippen molar-refractivity contribution in [1.29, 1.82) is 0 Å². The molecule has 0 spiro atoms. The number of alkyl carbamates (subject to hydrolysis) is 2. The van der Waals surface area contributed by atoms with Gasteiger partial charge in [0, 0.05) is 39.5 Å². The van der Waals surface area contributed by atoms with Crippen LogP contribution in [0, 0.1) is 0 Å². The van der Waals surface area contributed by atoms with Crippen molar-refractivity contribution in [3.63, 3.8) is 0 Å². The highest BCUT2D eigenvalue weighted by Gasteiger charge is 2.36. The molecule has 0 rings (SSSR count). The zero-order chi connectivity index (χ0) is 22.9. The first-order valence-corrected chi connectivity index (χ1v) is 11.8. The Kier molecular flexibility index (Phi) is 15.5. The first-order valence-electron chi connectivity index (χ1n) is 9.84. The predicted octanol–water partition coefficient (Wildman–Crippen LogP) is 1.54. The van der Waals surface area contributed by atoms with Crippen LogP contribution in [0.2, 0.25) is 6.04 Å². The summed E-state index contributed by atoms with van der Waals surface area (Å²) in [7, 11) is 2.03. The molecule has 0 heterocycles. The number of hydrogen-bond donors (Lipinski definition) is 2. The number of ether oxygens (including phenoxy) is 4. The summed E-state index contributed by atoms with van der Waals surface area (Å²) in [6.07, 6.45) is -0.345. The highest BCUT2D eigenvalue weighted by Crippen LogP contribution is 2.14. The van der Waals surface area contributed by atoms with Gasteiger partial charge in [-0.05, 0) is 27.2 Å². The number of amides is 2. The van der Waals surface area contributed by atoms with E-state index in [2.05, 4.69) is 10.6 Å². The minimum Gasteiger partial charge on any atom is -0.447 e. The average Bonchev–Trinajstić information content (AvgIpc) is 2.68. The molecule has 0 aliphatic rings. The average molecular weight is 455 g/mol. The van der Waals surface area contributed by atoms with Crippen molar-refractivity contribution in [3.8, 4) is 0 Å². The molecule has 30 heavy (non-hydrogen) atoms. The number of nitrogens with one attached hydrogen (secondary N) is 2. The van der Waals surface area contributed by atoms with Gasteiger partial charge in [0.05, 0.1) is 26.4 Å². The number of hydrogen-bond acceptors (Lipinski definition) is 9. The fourth-order valence-corrected chi connectivity index (χ4v) is 3.88. The smallest absolute Gasteiger partial charge is 0.447 e. The summed E-state index contributed by atoms with van der Waals surface area (Å²) in [5, 5.41) is 5.32. The van der Waals surface area contributed by atoms with Gasteiger partial charge in [-0.25, -0.2) is 9.59 Å². The van der Waals surface area contributed by atoms with Crippen molar-refractivity contribution >= 4 is 21.0 Å². The summed E-state index contributed by atoms with van der Waals surface area (Å²) in [4.78, 5) is 23.0. The van der Waals surface area contributed by atoms with Crippen molar-refractivity contribution in [3.05, 3.63) is 0 Å². The maximum atomic E-state index is 11.6. The van der Waals surface area contributed by atoms with Crippen LogP contribution in [0.1, 0.15) is 27.2 Å². The number of carbonyl (C=O) groups is 2. The third-order valence-electron chi connectivity index (χ3n) is 3.63. The van der Waals surface area contributed by atoms with E-state index in [4.69, 9.17) is 32.2 Å². The van der Waals surface area contributed by atoms with Crippen molar-refractivity contribution in [2.24, 2.45) is 0 Å². The maximum Gasteiger partial charge on any atom is 0.500 e. The van der Waals surface area contributed by atoms with Crippen LogP contribution in [-0.4, -0.2) is 94.0 Å². The van der Waals surface area contributed by atoms with Crippen LogP contribution in [0.15, 0.2) is 0 Å². The molecule has 2 amide bonds. The third kappa shape index (κ3) is 15.4. The van der Waals surface area contributed by atoms with E-state index < -0.39 is 21.0 Å². The van der Waals surface area contributed by atoms with Gasteiger partial charge in [-0.2, -0.15) is 0 Å². The lowest BCUT2D eigenvalue weighted by atomic mass is 10.1. The molecule has 0 radical (unpaired) electrons. The van der Waals surface area contributed by atoms with E-state index in [-0.39, 0.29) is 32.0 Å². The van der Waals surface area contributed by atoms with Crippen LogP contribution in [-0.2, 0) is 32.2 Å². The molecule has 11 nitrogen and oxygen atoms in total.